The lowest BCUT2D eigenvalue weighted by molar-refractivity contribution is -0.130. The van der Waals surface area contributed by atoms with Crippen molar-refractivity contribution < 1.29 is 13.9 Å². The fraction of sp³-hybridized carbons (Fsp3) is 0.545. The fourth-order valence-electron chi connectivity index (χ4n) is 1.80. The average molecular weight is 273 g/mol. The van der Waals surface area contributed by atoms with Crippen LogP contribution in [0.25, 0.3) is 0 Å². The zero-order valence-corrected chi connectivity index (χ0v) is 10.3. The van der Waals surface area contributed by atoms with Gasteiger partial charge < -0.3 is 9.15 Å². The molecule has 1 fully saturated rings. The normalized spacial score (nSPS) is 24.7. The predicted molar refractivity (Wildman–Crippen MR) is 58.6 cm³/mol. The van der Waals surface area contributed by atoms with Crippen LogP contribution < -0.4 is 0 Å². The van der Waals surface area contributed by atoms with Crippen LogP contribution in [0.1, 0.15) is 19.6 Å². The molecule has 1 aromatic heterocycles. The number of hydrogen-bond donors (Lipinski definition) is 0. The van der Waals surface area contributed by atoms with Crippen LogP contribution in [0, 0.1) is 5.92 Å². The van der Waals surface area contributed by atoms with Crippen LogP contribution in [0.4, 0.5) is 0 Å². The lowest BCUT2D eigenvalue weighted by Crippen LogP contribution is -2.30. The van der Waals surface area contributed by atoms with Gasteiger partial charge in [0.1, 0.15) is 11.4 Å². The van der Waals surface area contributed by atoms with Gasteiger partial charge in [-0.05, 0) is 41.9 Å². The third-order valence-corrected chi connectivity index (χ3v) is 3.11. The summed E-state index contributed by atoms with van der Waals surface area (Å²) < 4.78 is 11.5. The van der Waals surface area contributed by atoms with E-state index in [2.05, 4.69) is 15.9 Å². The molecule has 0 N–H and O–H groups in total. The summed E-state index contributed by atoms with van der Waals surface area (Å²) in [6, 6.07) is 3.71. The van der Waals surface area contributed by atoms with Gasteiger partial charge in [-0.25, -0.2) is 0 Å². The van der Waals surface area contributed by atoms with Crippen molar-refractivity contribution in [2.75, 3.05) is 6.61 Å². The van der Waals surface area contributed by atoms with Gasteiger partial charge in [-0.15, -0.1) is 0 Å². The number of ether oxygens (including phenoxy) is 1. The molecule has 4 heteroatoms. The van der Waals surface area contributed by atoms with Crippen LogP contribution in [-0.2, 0) is 16.0 Å². The Kier molecular flexibility index (Phi) is 2.73. The lowest BCUT2D eigenvalue weighted by Gasteiger charge is -2.13. The Labute approximate surface area is 96.9 Å². The molecule has 0 spiro atoms. The standard InChI is InChI=1S/C11H13BrO3/c1-11(2)10(13)7(6-14-11)5-8-3-4-9(12)15-8/h3-4,7H,5-6H2,1-2H3. The van der Waals surface area contributed by atoms with E-state index in [9.17, 15) is 4.79 Å². The highest BCUT2D eigenvalue weighted by atomic mass is 79.9. The SMILES string of the molecule is CC1(C)OCC(Cc2ccc(Br)o2)C1=O. The molecule has 15 heavy (non-hydrogen) atoms. The second-order valence-corrected chi connectivity index (χ2v) is 5.07. The lowest BCUT2D eigenvalue weighted by atomic mass is 9.93. The van der Waals surface area contributed by atoms with Crippen LogP contribution in [0.5, 0.6) is 0 Å². The van der Waals surface area contributed by atoms with Gasteiger partial charge in [-0.2, -0.15) is 0 Å². The molecule has 1 atom stereocenters. The van der Waals surface area contributed by atoms with Crippen LogP contribution in [0.3, 0.4) is 0 Å². The van der Waals surface area contributed by atoms with Crippen molar-refractivity contribution in [2.24, 2.45) is 5.92 Å². The number of rotatable bonds is 2. The number of carbonyl (C=O) groups is 1. The molecule has 0 aliphatic carbocycles. The topological polar surface area (TPSA) is 39.4 Å². The third-order valence-electron chi connectivity index (χ3n) is 2.69. The van der Waals surface area contributed by atoms with Gasteiger partial charge in [0, 0.05) is 6.42 Å². The van der Waals surface area contributed by atoms with Crippen LogP contribution in [0.15, 0.2) is 21.2 Å². The maximum Gasteiger partial charge on any atom is 0.169 e. The maximum atomic E-state index is 11.9. The largest absolute Gasteiger partial charge is 0.454 e. The number of halogens is 1. The summed E-state index contributed by atoms with van der Waals surface area (Å²) in [7, 11) is 0. The van der Waals surface area contributed by atoms with Gasteiger partial charge >= 0.3 is 0 Å². The van der Waals surface area contributed by atoms with Crippen LogP contribution in [-0.4, -0.2) is 18.0 Å². The highest BCUT2D eigenvalue weighted by Crippen LogP contribution is 2.28. The number of furan rings is 1. The molecule has 1 aliphatic heterocycles. The molecule has 2 heterocycles. The predicted octanol–water partition coefficient (Wildman–Crippen LogP) is 2.58. The van der Waals surface area contributed by atoms with Crippen molar-refractivity contribution in [1.82, 2.24) is 0 Å². The van der Waals surface area contributed by atoms with Crippen molar-refractivity contribution >= 4 is 21.7 Å². The summed E-state index contributed by atoms with van der Waals surface area (Å²) >= 11 is 3.24. The molecule has 0 aromatic carbocycles. The maximum absolute atomic E-state index is 11.9. The molecule has 1 saturated heterocycles. The molecule has 82 valence electrons. The number of carbonyl (C=O) groups excluding carboxylic acids is 1. The molecule has 1 aromatic rings. The highest BCUT2D eigenvalue weighted by molar-refractivity contribution is 9.10. The number of ketones is 1. The Morgan fingerprint density at radius 3 is 2.73 bits per heavy atom. The van der Waals surface area contributed by atoms with E-state index in [-0.39, 0.29) is 11.7 Å². The molecule has 0 amide bonds. The Morgan fingerprint density at radius 2 is 2.27 bits per heavy atom. The molecule has 0 radical (unpaired) electrons. The summed E-state index contributed by atoms with van der Waals surface area (Å²) in [5.74, 6) is 0.912. The second kappa shape index (κ2) is 3.76. The Hall–Kier alpha value is -0.610. The smallest absolute Gasteiger partial charge is 0.169 e. The van der Waals surface area contributed by atoms with E-state index in [1.54, 1.807) is 0 Å². The molecule has 1 aliphatic rings. The quantitative estimate of drug-likeness (QED) is 0.831. The average Bonchev–Trinajstić information content (AvgIpc) is 2.66. The van der Waals surface area contributed by atoms with E-state index in [1.807, 2.05) is 26.0 Å². The van der Waals surface area contributed by atoms with E-state index in [0.717, 1.165) is 5.76 Å². The third kappa shape index (κ3) is 2.16. The van der Waals surface area contributed by atoms with Gasteiger partial charge in [0.2, 0.25) is 0 Å². The first kappa shape index (κ1) is 10.9. The van der Waals surface area contributed by atoms with E-state index >= 15 is 0 Å². The molecule has 2 rings (SSSR count). The summed E-state index contributed by atoms with van der Waals surface area (Å²) in [6.07, 6.45) is 0.619. The Balaban J connectivity index is 2.06. The first-order valence-corrected chi connectivity index (χ1v) is 5.71. The first-order valence-electron chi connectivity index (χ1n) is 4.91. The summed E-state index contributed by atoms with van der Waals surface area (Å²) in [4.78, 5) is 11.9. The van der Waals surface area contributed by atoms with Crippen LogP contribution in [0.2, 0.25) is 0 Å². The Bertz CT molecular complexity index is 381. The minimum absolute atomic E-state index is 0.0713. The first-order chi connectivity index (χ1) is 6.99. The van der Waals surface area contributed by atoms with Gasteiger partial charge in [0.15, 0.2) is 10.5 Å². The highest BCUT2D eigenvalue weighted by Gasteiger charge is 2.41. The van der Waals surface area contributed by atoms with Gasteiger partial charge in [-0.1, -0.05) is 0 Å². The van der Waals surface area contributed by atoms with Crippen molar-refractivity contribution in [1.29, 1.82) is 0 Å². The van der Waals surface area contributed by atoms with E-state index in [1.165, 1.54) is 0 Å². The Morgan fingerprint density at radius 1 is 1.53 bits per heavy atom. The summed E-state index contributed by atoms with van der Waals surface area (Å²) in [5, 5.41) is 0. The van der Waals surface area contributed by atoms with Gasteiger partial charge in [0.05, 0.1) is 12.5 Å². The molecule has 3 nitrogen and oxygen atoms in total. The summed E-state index contributed by atoms with van der Waals surface area (Å²) in [5.41, 5.74) is -0.630. The van der Waals surface area contributed by atoms with Crippen molar-refractivity contribution in [3.05, 3.63) is 22.6 Å². The van der Waals surface area contributed by atoms with Crippen molar-refractivity contribution in [3.63, 3.8) is 0 Å². The summed E-state index contributed by atoms with van der Waals surface area (Å²) in [6.45, 7) is 4.12. The fourth-order valence-corrected chi connectivity index (χ4v) is 2.14. The molecule has 0 saturated carbocycles. The van der Waals surface area contributed by atoms with Gasteiger partial charge in [0.25, 0.3) is 0 Å². The second-order valence-electron chi connectivity index (χ2n) is 4.29. The van der Waals surface area contributed by atoms with Crippen molar-refractivity contribution in [3.8, 4) is 0 Å². The zero-order chi connectivity index (χ0) is 11.1. The molecular weight excluding hydrogens is 260 g/mol. The zero-order valence-electron chi connectivity index (χ0n) is 8.75. The van der Waals surface area contributed by atoms with Crippen LogP contribution >= 0.6 is 15.9 Å². The minimum Gasteiger partial charge on any atom is -0.454 e. The molecule has 0 bridgehead atoms. The van der Waals surface area contributed by atoms with E-state index in [4.69, 9.17) is 9.15 Å². The molecule has 1 unspecified atom stereocenters. The van der Waals surface area contributed by atoms with Crippen molar-refractivity contribution in [2.45, 2.75) is 25.9 Å². The van der Waals surface area contributed by atoms with E-state index in [0.29, 0.717) is 17.7 Å². The van der Waals surface area contributed by atoms with E-state index < -0.39 is 5.60 Å². The minimum atomic E-state index is -0.630. The number of Topliss-reactive ketones (excluding diaryl/α,β-unsaturated/α-hetero) is 1. The molecular formula is C11H13BrO3. The number of hydrogen-bond acceptors (Lipinski definition) is 3. The van der Waals surface area contributed by atoms with Gasteiger partial charge in [-0.3, -0.25) is 4.79 Å². The monoisotopic (exact) mass is 272 g/mol.